The standard InChI is InChI=1S/C31H27F2N5O4S/c1-37-29(19-5-7-20(8-6-19)31(39)38-13-3-4-14-38)24-15-21(9-11-26(24)35-37)22-16-27(30(42-2)34-18-22)36-43(40,41)28-12-10-23(32)17-25(28)33/h5-12,15-18,36H,3-4,13-14H2,1-2H3. The fraction of sp³-hybridized carbons (Fsp3) is 0.194. The molecule has 0 bridgehead atoms. The number of fused-ring (bicyclic) bond motifs is 1. The third-order valence-corrected chi connectivity index (χ3v) is 8.84. The number of aryl methyl sites for hydroxylation is 1. The number of amides is 1. The fourth-order valence-electron chi connectivity index (χ4n) is 5.33. The number of aromatic nitrogens is 3. The lowest BCUT2D eigenvalue weighted by Gasteiger charge is -2.15. The highest BCUT2D eigenvalue weighted by atomic mass is 32.2. The van der Waals surface area contributed by atoms with Crippen molar-refractivity contribution in [3.63, 3.8) is 0 Å². The van der Waals surface area contributed by atoms with Crippen LogP contribution in [0.15, 0.2) is 77.8 Å². The highest BCUT2D eigenvalue weighted by Crippen LogP contribution is 2.35. The van der Waals surface area contributed by atoms with E-state index in [9.17, 15) is 22.0 Å². The minimum absolute atomic E-state index is 0.0199. The van der Waals surface area contributed by atoms with Gasteiger partial charge >= 0.3 is 0 Å². The van der Waals surface area contributed by atoms with Crippen LogP contribution in [0, 0.1) is 11.6 Å². The first-order valence-corrected chi connectivity index (χ1v) is 15.0. The van der Waals surface area contributed by atoms with Crippen molar-refractivity contribution in [2.24, 2.45) is 7.05 Å². The fourth-order valence-corrected chi connectivity index (χ4v) is 6.44. The number of sulfonamides is 1. The molecule has 1 N–H and O–H groups in total. The van der Waals surface area contributed by atoms with Crippen LogP contribution >= 0.6 is 0 Å². The molecule has 5 aromatic rings. The van der Waals surface area contributed by atoms with Gasteiger partial charge in [-0.15, -0.1) is 0 Å². The number of benzene rings is 3. The maximum Gasteiger partial charge on any atom is 0.264 e. The predicted molar refractivity (Wildman–Crippen MR) is 158 cm³/mol. The molecule has 3 heterocycles. The van der Waals surface area contributed by atoms with E-state index in [1.54, 1.807) is 4.68 Å². The van der Waals surface area contributed by atoms with Gasteiger partial charge in [-0.25, -0.2) is 22.2 Å². The molecule has 3 aromatic carbocycles. The summed E-state index contributed by atoms with van der Waals surface area (Å²) in [7, 11) is -1.26. The van der Waals surface area contributed by atoms with Gasteiger partial charge in [-0.2, -0.15) is 5.10 Å². The Hall–Kier alpha value is -4.84. The second-order valence-corrected chi connectivity index (χ2v) is 11.9. The van der Waals surface area contributed by atoms with Gasteiger partial charge in [0.05, 0.1) is 18.3 Å². The number of carbonyl (C=O) groups is 1. The van der Waals surface area contributed by atoms with E-state index in [4.69, 9.17) is 4.74 Å². The summed E-state index contributed by atoms with van der Waals surface area (Å²) < 4.78 is 63.0. The van der Waals surface area contributed by atoms with Crippen molar-refractivity contribution in [3.8, 4) is 28.3 Å². The Labute approximate surface area is 246 Å². The van der Waals surface area contributed by atoms with Crippen LogP contribution in [0.1, 0.15) is 23.2 Å². The Morgan fingerprint density at radius 1 is 0.930 bits per heavy atom. The van der Waals surface area contributed by atoms with Crippen molar-refractivity contribution >= 4 is 32.5 Å². The third kappa shape index (κ3) is 5.41. The first-order chi connectivity index (χ1) is 20.6. The molecule has 1 aliphatic rings. The zero-order valence-electron chi connectivity index (χ0n) is 23.3. The first kappa shape index (κ1) is 28.3. The summed E-state index contributed by atoms with van der Waals surface area (Å²) in [5.41, 5.74) is 4.35. The number of nitrogens with one attached hydrogen (secondary N) is 1. The zero-order chi connectivity index (χ0) is 30.3. The molecule has 2 aromatic heterocycles. The molecule has 1 fully saturated rings. The van der Waals surface area contributed by atoms with E-state index in [0.717, 1.165) is 60.2 Å². The largest absolute Gasteiger partial charge is 0.480 e. The highest BCUT2D eigenvalue weighted by Gasteiger charge is 2.23. The molecule has 0 atom stereocenters. The number of nitrogens with zero attached hydrogens (tertiary/aromatic N) is 4. The lowest BCUT2D eigenvalue weighted by atomic mass is 10.0. The second-order valence-electron chi connectivity index (χ2n) is 10.2. The van der Waals surface area contributed by atoms with Crippen molar-refractivity contribution in [2.45, 2.75) is 17.7 Å². The maximum atomic E-state index is 14.3. The third-order valence-electron chi connectivity index (χ3n) is 7.44. The number of halogens is 2. The molecule has 9 nitrogen and oxygen atoms in total. The number of carbonyl (C=O) groups excluding carboxylic acids is 1. The maximum absolute atomic E-state index is 14.3. The highest BCUT2D eigenvalue weighted by molar-refractivity contribution is 7.92. The summed E-state index contributed by atoms with van der Waals surface area (Å²) in [4.78, 5) is 18.2. The van der Waals surface area contributed by atoms with Crippen LogP contribution in [0.25, 0.3) is 33.3 Å². The van der Waals surface area contributed by atoms with Crippen molar-refractivity contribution in [3.05, 3.63) is 90.1 Å². The molecule has 6 rings (SSSR count). The van der Waals surface area contributed by atoms with Gasteiger partial charge in [-0.3, -0.25) is 14.2 Å². The quantitative estimate of drug-likeness (QED) is 0.259. The summed E-state index contributed by atoms with van der Waals surface area (Å²) >= 11 is 0. The molecular formula is C31H27F2N5O4S. The molecule has 0 unspecified atom stereocenters. The number of methoxy groups -OCH3 is 1. The molecule has 0 saturated carbocycles. The summed E-state index contributed by atoms with van der Waals surface area (Å²) in [6.45, 7) is 1.56. The van der Waals surface area contributed by atoms with E-state index >= 15 is 0 Å². The molecule has 1 amide bonds. The molecule has 12 heteroatoms. The van der Waals surface area contributed by atoms with Crippen LogP contribution in [-0.4, -0.2) is 54.2 Å². The Bertz CT molecular complexity index is 1970. The van der Waals surface area contributed by atoms with Gasteiger partial charge < -0.3 is 9.64 Å². The number of pyridine rings is 1. The topological polar surface area (TPSA) is 106 Å². The number of hydrogen-bond acceptors (Lipinski definition) is 6. The zero-order valence-corrected chi connectivity index (χ0v) is 24.2. The van der Waals surface area contributed by atoms with Crippen LogP contribution in [0.5, 0.6) is 5.88 Å². The van der Waals surface area contributed by atoms with Crippen molar-refractivity contribution in [1.82, 2.24) is 19.7 Å². The molecule has 220 valence electrons. The van der Waals surface area contributed by atoms with E-state index in [2.05, 4.69) is 14.8 Å². The van der Waals surface area contributed by atoms with Gasteiger partial charge in [-0.05, 0) is 60.9 Å². The van der Waals surface area contributed by atoms with Crippen LogP contribution in [-0.2, 0) is 17.1 Å². The van der Waals surface area contributed by atoms with Gasteiger partial charge in [-0.1, -0.05) is 18.2 Å². The van der Waals surface area contributed by atoms with E-state index in [0.29, 0.717) is 22.8 Å². The molecule has 0 aliphatic carbocycles. The van der Waals surface area contributed by atoms with Crippen LogP contribution in [0.2, 0.25) is 0 Å². The molecule has 0 radical (unpaired) electrons. The van der Waals surface area contributed by atoms with E-state index in [1.165, 1.54) is 19.4 Å². The van der Waals surface area contributed by atoms with E-state index < -0.39 is 26.6 Å². The lowest BCUT2D eigenvalue weighted by molar-refractivity contribution is 0.0793. The Balaban J connectivity index is 1.35. The average Bonchev–Trinajstić information content (AvgIpc) is 3.64. The predicted octanol–water partition coefficient (Wildman–Crippen LogP) is 5.63. The molecule has 43 heavy (non-hydrogen) atoms. The molecule has 1 saturated heterocycles. The Kier molecular flexibility index (Phi) is 7.30. The van der Waals surface area contributed by atoms with Crippen molar-refractivity contribution in [2.75, 3.05) is 24.9 Å². The first-order valence-electron chi connectivity index (χ1n) is 13.5. The number of ether oxygens (including phenoxy) is 1. The minimum Gasteiger partial charge on any atom is -0.480 e. The lowest BCUT2D eigenvalue weighted by Crippen LogP contribution is -2.27. The molecular weight excluding hydrogens is 576 g/mol. The SMILES string of the molecule is COc1ncc(-c2ccc3nn(C)c(-c4ccc(C(=O)N5CCCC5)cc4)c3c2)cc1NS(=O)(=O)c1ccc(F)cc1F. The van der Waals surface area contributed by atoms with Crippen LogP contribution in [0.3, 0.4) is 0 Å². The average molecular weight is 604 g/mol. The summed E-state index contributed by atoms with van der Waals surface area (Å²) in [5.74, 6) is -2.11. The summed E-state index contributed by atoms with van der Waals surface area (Å²) in [6, 6.07) is 16.8. The minimum atomic E-state index is -4.43. The Morgan fingerprint density at radius 3 is 2.35 bits per heavy atom. The van der Waals surface area contributed by atoms with Gasteiger partial charge in [0, 0.05) is 54.5 Å². The van der Waals surface area contributed by atoms with Gasteiger partial charge in [0.15, 0.2) is 0 Å². The summed E-state index contributed by atoms with van der Waals surface area (Å²) in [5, 5.41) is 5.48. The van der Waals surface area contributed by atoms with Crippen LogP contribution in [0.4, 0.5) is 14.5 Å². The second kappa shape index (κ2) is 11.1. The number of rotatable bonds is 7. The molecule has 1 aliphatic heterocycles. The van der Waals surface area contributed by atoms with E-state index in [1.807, 2.05) is 54.4 Å². The Morgan fingerprint density at radius 2 is 1.65 bits per heavy atom. The van der Waals surface area contributed by atoms with Gasteiger partial charge in [0.25, 0.3) is 15.9 Å². The number of anilines is 1. The van der Waals surface area contributed by atoms with Gasteiger partial charge in [0.1, 0.15) is 22.2 Å². The van der Waals surface area contributed by atoms with E-state index in [-0.39, 0.29) is 17.5 Å². The number of hydrogen-bond donors (Lipinski definition) is 1. The van der Waals surface area contributed by atoms with Gasteiger partial charge in [0.2, 0.25) is 5.88 Å². The molecule has 0 spiro atoms. The van der Waals surface area contributed by atoms with Crippen molar-refractivity contribution < 1.29 is 26.7 Å². The van der Waals surface area contributed by atoms with Crippen molar-refractivity contribution in [1.29, 1.82) is 0 Å². The smallest absolute Gasteiger partial charge is 0.264 e. The summed E-state index contributed by atoms with van der Waals surface area (Å²) in [6.07, 6.45) is 3.58. The van der Waals surface area contributed by atoms with Crippen LogP contribution < -0.4 is 9.46 Å². The monoisotopic (exact) mass is 603 g/mol. The normalized spacial score (nSPS) is 13.4. The number of likely N-dealkylation sites (tertiary alicyclic amines) is 1.